The molecule has 0 spiro atoms. The summed E-state index contributed by atoms with van der Waals surface area (Å²) in [6.45, 7) is -0.508. The maximum absolute atomic E-state index is 13.2. The molecular formula is C8H5Cl2FO4S. The fourth-order valence-corrected chi connectivity index (χ4v) is 1.70. The summed E-state index contributed by atoms with van der Waals surface area (Å²) in [4.78, 5) is 9.96. The van der Waals surface area contributed by atoms with Gasteiger partial charge in [0.25, 0.3) is 14.3 Å². The number of carbonyl (C=O) groups is 1. The highest BCUT2D eigenvalue weighted by Gasteiger charge is 2.14. The third-order valence-electron chi connectivity index (χ3n) is 1.53. The summed E-state index contributed by atoms with van der Waals surface area (Å²) in [5.41, 5.74) is 0. The van der Waals surface area contributed by atoms with E-state index in [2.05, 4.69) is 4.74 Å². The van der Waals surface area contributed by atoms with Crippen LogP contribution in [0.25, 0.3) is 0 Å². The highest BCUT2D eigenvalue weighted by molar-refractivity contribution is 8.13. The molecule has 0 fully saturated rings. The molecule has 0 aliphatic carbocycles. The summed E-state index contributed by atoms with van der Waals surface area (Å²) < 4.78 is 39.6. The number of rotatable bonds is 4. The van der Waals surface area contributed by atoms with Crippen molar-refractivity contribution < 1.29 is 22.3 Å². The Morgan fingerprint density at radius 3 is 2.50 bits per heavy atom. The second-order valence-corrected chi connectivity index (χ2v) is 5.66. The van der Waals surface area contributed by atoms with Crippen LogP contribution in [0, 0.1) is 5.82 Å². The highest BCUT2D eigenvalue weighted by Crippen LogP contribution is 2.23. The standard InChI is InChI=1S/C8H5Cl2FO4S/c9-8(12)4-15-7-2-1-5(3-6(7)11)16(10,13)14/h1-3H,4H2. The zero-order valence-electron chi connectivity index (χ0n) is 7.61. The molecule has 0 aromatic heterocycles. The minimum atomic E-state index is -3.99. The fraction of sp³-hybridized carbons (Fsp3) is 0.125. The summed E-state index contributed by atoms with van der Waals surface area (Å²) in [6.07, 6.45) is 0. The van der Waals surface area contributed by atoms with Crippen LogP contribution < -0.4 is 4.74 Å². The highest BCUT2D eigenvalue weighted by atomic mass is 35.7. The van der Waals surface area contributed by atoms with E-state index in [1.165, 1.54) is 0 Å². The number of hydrogen-bond acceptors (Lipinski definition) is 4. The molecule has 1 aromatic carbocycles. The first-order valence-corrected chi connectivity index (χ1v) is 6.55. The number of carbonyl (C=O) groups excluding carboxylic acids is 1. The molecule has 8 heteroatoms. The molecule has 0 N–H and O–H groups in total. The Morgan fingerprint density at radius 2 is 2.06 bits per heavy atom. The Balaban J connectivity index is 2.96. The van der Waals surface area contributed by atoms with Crippen molar-refractivity contribution in [1.82, 2.24) is 0 Å². The first-order chi connectivity index (χ1) is 7.30. The number of hydrogen-bond donors (Lipinski definition) is 0. The number of ether oxygens (including phenoxy) is 1. The molecule has 0 atom stereocenters. The lowest BCUT2D eigenvalue weighted by Gasteiger charge is -2.05. The molecule has 0 saturated carbocycles. The normalized spacial score (nSPS) is 11.2. The van der Waals surface area contributed by atoms with Gasteiger partial charge in [0, 0.05) is 10.7 Å². The lowest BCUT2D eigenvalue weighted by molar-refractivity contribution is -0.113. The van der Waals surface area contributed by atoms with Crippen molar-refractivity contribution in [3.05, 3.63) is 24.0 Å². The molecule has 0 saturated heterocycles. The Hall–Kier alpha value is -0.850. The SMILES string of the molecule is O=C(Cl)COc1ccc(S(=O)(=O)Cl)cc1F. The predicted molar refractivity (Wildman–Crippen MR) is 55.8 cm³/mol. The first-order valence-electron chi connectivity index (χ1n) is 3.86. The molecule has 0 aliphatic heterocycles. The molecule has 0 radical (unpaired) electrons. The molecular weight excluding hydrogens is 282 g/mol. The maximum atomic E-state index is 13.2. The Morgan fingerprint density at radius 1 is 1.44 bits per heavy atom. The van der Waals surface area contributed by atoms with Crippen molar-refractivity contribution in [2.45, 2.75) is 4.90 Å². The van der Waals surface area contributed by atoms with Crippen LogP contribution in [-0.2, 0) is 13.8 Å². The first kappa shape index (κ1) is 13.2. The van der Waals surface area contributed by atoms with Gasteiger partial charge in [0.1, 0.15) is 0 Å². The van der Waals surface area contributed by atoms with E-state index < -0.39 is 31.6 Å². The van der Waals surface area contributed by atoms with Crippen LogP contribution in [0.3, 0.4) is 0 Å². The van der Waals surface area contributed by atoms with Crippen LogP contribution in [0.15, 0.2) is 23.1 Å². The Kier molecular flexibility index (Phi) is 4.12. The van der Waals surface area contributed by atoms with Crippen LogP contribution in [0.2, 0.25) is 0 Å². The molecule has 88 valence electrons. The molecule has 0 amide bonds. The van der Waals surface area contributed by atoms with Gasteiger partial charge in [-0.25, -0.2) is 12.8 Å². The largest absolute Gasteiger partial charge is 0.481 e. The van der Waals surface area contributed by atoms with Crippen LogP contribution in [0.5, 0.6) is 5.75 Å². The smallest absolute Gasteiger partial charge is 0.261 e. The van der Waals surface area contributed by atoms with Gasteiger partial charge in [-0.3, -0.25) is 4.79 Å². The van der Waals surface area contributed by atoms with Gasteiger partial charge in [-0.1, -0.05) is 0 Å². The quantitative estimate of drug-likeness (QED) is 0.793. The summed E-state index contributed by atoms with van der Waals surface area (Å²) in [5, 5.41) is -0.798. The maximum Gasteiger partial charge on any atom is 0.261 e. The van der Waals surface area contributed by atoms with Crippen LogP contribution in [-0.4, -0.2) is 20.3 Å². The van der Waals surface area contributed by atoms with Gasteiger partial charge in [-0.2, -0.15) is 0 Å². The van der Waals surface area contributed by atoms with E-state index in [9.17, 15) is 17.6 Å². The van der Waals surface area contributed by atoms with E-state index in [1.807, 2.05) is 0 Å². The second kappa shape index (κ2) is 4.99. The Labute approximate surface area is 100 Å². The summed E-state index contributed by atoms with van der Waals surface area (Å²) in [6, 6.07) is 2.79. The van der Waals surface area contributed by atoms with Crippen molar-refractivity contribution in [3.8, 4) is 5.75 Å². The molecule has 1 rings (SSSR count). The molecule has 0 unspecified atom stereocenters. The van der Waals surface area contributed by atoms with Crippen molar-refractivity contribution >= 4 is 36.6 Å². The van der Waals surface area contributed by atoms with E-state index >= 15 is 0 Å². The predicted octanol–water partition coefficient (Wildman–Crippen LogP) is 1.90. The molecule has 0 bridgehead atoms. The van der Waals surface area contributed by atoms with Crippen molar-refractivity contribution in [2.24, 2.45) is 0 Å². The Bertz CT molecular complexity index is 515. The van der Waals surface area contributed by atoms with E-state index in [0.717, 1.165) is 12.1 Å². The zero-order chi connectivity index (χ0) is 12.3. The van der Waals surface area contributed by atoms with Crippen molar-refractivity contribution in [2.75, 3.05) is 6.61 Å². The van der Waals surface area contributed by atoms with Gasteiger partial charge < -0.3 is 4.74 Å². The van der Waals surface area contributed by atoms with Gasteiger partial charge in [-0.15, -0.1) is 0 Å². The number of benzene rings is 1. The second-order valence-electron chi connectivity index (χ2n) is 2.67. The van der Waals surface area contributed by atoms with Gasteiger partial charge >= 0.3 is 0 Å². The van der Waals surface area contributed by atoms with Crippen molar-refractivity contribution in [1.29, 1.82) is 0 Å². The van der Waals surface area contributed by atoms with Crippen LogP contribution >= 0.6 is 22.3 Å². The molecule has 16 heavy (non-hydrogen) atoms. The van der Waals surface area contributed by atoms with Crippen LogP contribution in [0.4, 0.5) is 4.39 Å². The van der Waals surface area contributed by atoms with Crippen molar-refractivity contribution in [3.63, 3.8) is 0 Å². The van der Waals surface area contributed by atoms with Gasteiger partial charge in [0.15, 0.2) is 18.2 Å². The lowest BCUT2D eigenvalue weighted by Crippen LogP contribution is -2.06. The molecule has 0 aliphatic rings. The monoisotopic (exact) mass is 286 g/mol. The summed E-state index contributed by atoms with van der Waals surface area (Å²) >= 11 is 4.98. The molecule has 0 heterocycles. The summed E-state index contributed by atoms with van der Waals surface area (Å²) in [5.74, 6) is -1.22. The third-order valence-corrected chi connectivity index (χ3v) is 2.99. The average molecular weight is 287 g/mol. The van der Waals surface area contributed by atoms with Gasteiger partial charge in [0.2, 0.25) is 0 Å². The average Bonchev–Trinajstić information content (AvgIpc) is 2.14. The molecule has 1 aromatic rings. The van der Waals surface area contributed by atoms with E-state index in [0.29, 0.717) is 6.07 Å². The fourth-order valence-electron chi connectivity index (χ4n) is 0.885. The zero-order valence-corrected chi connectivity index (χ0v) is 9.94. The lowest BCUT2D eigenvalue weighted by atomic mass is 10.3. The van der Waals surface area contributed by atoms with E-state index in [1.54, 1.807) is 0 Å². The minimum absolute atomic E-state index is 0.280. The van der Waals surface area contributed by atoms with E-state index in [4.69, 9.17) is 22.3 Å². The van der Waals surface area contributed by atoms with E-state index in [-0.39, 0.29) is 5.75 Å². The number of halogens is 3. The van der Waals surface area contributed by atoms with Gasteiger partial charge in [0.05, 0.1) is 4.90 Å². The summed E-state index contributed by atoms with van der Waals surface area (Å²) in [7, 11) is 1.01. The topological polar surface area (TPSA) is 60.4 Å². The van der Waals surface area contributed by atoms with Gasteiger partial charge in [-0.05, 0) is 29.8 Å². The third kappa shape index (κ3) is 3.62. The molecule has 4 nitrogen and oxygen atoms in total. The minimum Gasteiger partial charge on any atom is -0.481 e. The van der Waals surface area contributed by atoms with Crippen LogP contribution in [0.1, 0.15) is 0 Å².